The molecule has 78 valence electrons. The predicted molar refractivity (Wildman–Crippen MR) is 53.2 cm³/mol. The molecule has 0 saturated heterocycles. The highest BCUT2D eigenvalue weighted by atomic mass is 16.6. The molecule has 7 heteroatoms. The Balaban J connectivity index is 2.49. The number of pyridine rings is 1. The zero-order valence-corrected chi connectivity index (χ0v) is 7.91. The Morgan fingerprint density at radius 3 is 2.93 bits per heavy atom. The lowest BCUT2D eigenvalue weighted by Crippen LogP contribution is -1.94. The molecule has 0 amide bonds. The first-order valence-electron chi connectivity index (χ1n) is 4.34. The molecule has 0 fully saturated rings. The van der Waals surface area contributed by atoms with E-state index in [1.807, 2.05) is 0 Å². The molecule has 0 atom stereocenters. The van der Waals surface area contributed by atoms with Crippen molar-refractivity contribution in [3.8, 4) is 0 Å². The first-order chi connectivity index (χ1) is 7.24. The van der Waals surface area contributed by atoms with Crippen molar-refractivity contribution in [3.63, 3.8) is 0 Å². The summed E-state index contributed by atoms with van der Waals surface area (Å²) in [4.78, 5) is 16.4. The fraction of sp³-hybridized carbons (Fsp3) is 0.375. The molecular formula is C8H9N5O2. The minimum absolute atomic E-state index is 0.0196. The molecule has 0 unspecified atom stereocenters. The number of nitrogens with zero attached hydrogens (tertiary/aromatic N) is 5. The van der Waals surface area contributed by atoms with E-state index >= 15 is 0 Å². The lowest BCUT2D eigenvalue weighted by atomic mass is 10.2. The average Bonchev–Trinajstić information content (AvgIpc) is 2.25. The first kappa shape index (κ1) is 10.9. The summed E-state index contributed by atoms with van der Waals surface area (Å²) in [5.41, 5.74) is 8.77. The van der Waals surface area contributed by atoms with E-state index in [9.17, 15) is 10.1 Å². The van der Waals surface area contributed by atoms with Gasteiger partial charge in [0.2, 0.25) is 0 Å². The summed E-state index contributed by atoms with van der Waals surface area (Å²) in [5.74, 6) is 0. The van der Waals surface area contributed by atoms with Crippen molar-refractivity contribution in [2.24, 2.45) is 5.11 Å². The van der Waals surface area contributed by atoms with E-state index in [2.05, 4.69) is 15.0 Å². The summed E-state index contributed by atoms with van der Waals surface area (Å²) >= 11 is 0. The van der Waals surface area contributed by atoms with Crippen molar-refractivity contribution >= 4 is 5.69 Å². The van der Waals surface area contributed by atoms with Crippen LogP contribution >= 0.6 is 0 Å². The van der Waals surface area contributed by atoms with Gasteiger partial charge in [-0.2, -0.15) is 0 Å². The molecule has 1 aromatic rings. The van der Waals surface area contributed by atoms with Crippen molar-refractivity contribution < 1.29 is 4.92 Å². The molecule has 7 nitrogen and oxygen atoms in total. The minimum atomic E-state index is -0.489. The maximum atomic E-state index is 10.3. The number of hydrogen-bond acceptors (Lipinski definition) is 4. The van der Waals surface area contributed by atoms with Gasteiger partial charge < -0.3 is 0 Å². The fourth-order valence-corrected chi connectivity index (χ4v) is 1.05. The van der Waals surface area contributed by atoms with Crippen molar-refractivity contribution in [1.29, 1.82) is 0 Å². The molecule has 0 aliphatic carbocycles. The van der Waals surface area contributed by atoms with Crippen LogP contribution in [-0.4, -0.2) is 16.5 Å². The van der Waals surface area contributed by atoms with Crippen LogP contribution in [0, 0.1) is 10.1 Å². The number of nitro groups is 1. The number of aromatic nitrogens is 1. The molecule has 1 heterocycles. The predicted octanol–water partition coefficient (Wildman–Crippen LogP) is 2.23. The number of aryl methyl sites for hydroxylation is 1. The van der Waals surface area contributed by atoms with Gasteiger partial charge in [-0.15, -0.1) is 0 Å². The summed E-state index contributed by atoms with van der Waals surface area (Å²) in [5, 5.41) is 13.7. The normalized spacial score (nSPS) is 9.33. The molecule has 0 aliphatic heterocycles. The van der Waals surface area contributed by atoms with Gasteiger partial charge in [-0.1, -0.05) is 5.11 Å². The van der Waals surface area contributed by atoms with E-state index in [0.717, 1.165) is 5.69 Å². The summed E-state index contributed by atoms with van der Waals surface area (Å²) < 4.78 is 0. The van der Waals surface area contributed by atoms with Gasteiger partial charge in [-0.25, -0.2) is 0 Å². The van der Waals surface area contributed by atoms with Crippen LogP contribution < -0.4 is 0 Å². The molecular weight excluding hydrogens is 198 g/mol. The van der Waals surface area contributed by atoms with E-state index in [1.165, 1.54) is 12.3 Å². The van der Waals surface area contributed by atoms with Crippen LogP contribution in [-0.2, 0) is 6.42 Å². The fourth-order valence-electron chi connectivity index (χ4n) is 1.05. The maximum Gasteiger partial charge on any atom is 0.287 e. The van der Waals surface area contributed by atoms with E-state index in [-0.39, 0.29) is 5.69 Å². The Kier molecular flexibility index (Phi) is 4.05. The van der Waals surface area contributed by atoms with E-state index in [0.29, 0.717) is 19.4 Å². The van der Waals surface area contributed by atoms with Crippen LogP contribution in [0.5, 0.6) is 0 Å². The molecule has 0 saturated carbocycles. The molecule has 1 rings (SSSR count). The summed E-state index contributed by atoms with van der Waals surface area (Å²) in [6, 6.07) is 3.02. The van der Waals surface area contributed by atoms with Gasteiger partial charge in [0.25, 0.3) is 5.69 Å². The van der Waals surface area contributed by atoms with Crippen molar-refractivity contribution in [3.05, 3.63) is 44.6 Å². The van der Waals surface area contributed by atoms with Crippen LogP contribution in [0.4, 0.5) is 5.69 Å². The topological polar surface area (TPSA) is 105 Å². The highest BCUT2D eigenvalue weighted by Gasteiger charge is 2.04. The van der Waals surface area contributed by atoms with E-state index in [1.54, 1.807) is 6.07 Å². The van der Waals surface area contributed by atoms with Crippen molar-refractivity contribution in [1.82, 2.24) is 4.98 Å². The molecule has 1 aromatic heterocycles. The van der Waals surface area contributed by atoms with Crippen molar-refractivity contribution in [2.45, 2.75) is 12.8 Å². The van der Waals surface area contributed by atoms with Gasteiger partial charge in [0.1, 0.15) is 6.20 Å². The van der Waals surface area contributed by atoms with Gasteiger partial charge in [-0.3, -0.25) is 15.1 Å². The summed E-state index contributed by atoms with van der Waals surface area (Å²) in [6.45, 7) is 0.412. The SMILES string of the molecule is [N-]=[N+]=NCCCc1ccc([N+](=O)[O-])cn1. The van der Waals surface area contributed by atoms with Crippen LogP contribution in [0.25, 0.3) is 10.4 Å². The molecule has 0 spiro atoms. The minimum Gasteiger partial charge on any atom is -0.258 e. The number of rotatable bonds is 5. The molecule has 0 aliphatic rings. The summed E-state index contributed by atoms with van der Waals surface area (Å²) in [7, 11) is 0. The number of hydrogen-bond donors (Lipinski definition) is 0. The van der Waals surface area contributed by atoms with Gasteiger partial charge >= 0.3 is 0 Å². The third-order valence-corrected chi connectivity index (χ3v) is 1.77. The Bertz CT molecular complexity index is 383. The lowest BCUT2D eigenvalue weighted by Gasteiger charge is -1.97. The zero-order chi connectivity index (χ0) is 11.1. The van der Waals surface area contributed by atoms with E-state index < -0.39 is 4.92 Å². The van der Waals surface area contributed by atoms with Gasteiger partial charge in [0.15, 0.2) is 0 Å². The van der Waals surface area contributed by atoms with Gasteiger partial charge in [0.05, 0.1) is 4.92 Å². The number of azide groups is 1. The Hall–Kier alpha value is -2.14. The molecule has 0 N–H and O–H groups in total. The Labute approximate surface area is 85.5 Å². The van der Waals surface area contributed by atoms with Crippen LogP contribution in [0.15, 0.2) is 23.4 Å². The van der Waals surface area contributed by atoms with Crippen molar-refractivity contribution in [2.75, 3.05) is 6.54 Å². The smallest absolute Gasteiger partial charge is 0.258 e. The quantitative estimate of drug-likeness (QED) is 0.184. The average molecular weight is 207 g/mol. The highest BCUT2D eigenvalue weighted by molar-refractivity contribution is 5.26. The summed E-state index contributed by atoms with van der Waals surface area (Å²) in [6.07, 6.45) is 2.56. The molecule has 0 bridgehead atoms. The second-order valence-corrected chi connectivity index (χ2v) is 2.82. The third kappa shape index (κ3) is 3.61. The van der Waals surface area contributed by atoms with Crippen LogP contribution in [0.1, 0.15) is 12.1 Å². The lowest BCUT2D eigenvalue weighted by molar-refractivity contribution is -0.385. The third-order valence-electron chi connectivity index (χ3n) is 1.77. The second-order valence-electron chi connectivity index (χ2n) is 2.82. The first-order valence-corrected chi connectivity index (χ1v) is 4.34. The van der Waals surface area contributed by atoms with Crippen LogP contribution in [0.2, 0.25) is 0 Å². The monoisotopic (exact) mass is 207 g/mol. The molecule has 0 aromatic carbocycles. The maximum absolute atomic E-state index is 10.3. The molecule has 15 heavy (non-hydrogen) atoms. The zero-order valence-electron chi connectivity index (χ0n) is 7.91. The largest absolute Gasteiger partial charge is 0.287 e. The van der Waals surface area contributed by atoms with Crippen LogP contribution in [0.3, 0.4) is 0 Å². The van der Waals surface area contributed by atoms with Gasteiger partial charge in [-0.05, 0) is 24.4 Å². The Morgan fingerprint density at radius 2 is 2.40 bits per heavy atom. The van der Waals surface area contributed by atoms with E-state index in [4.69, 9.17) is 5.53 Å². The Morgan fingerprint density at radius 1 is 1.60 bits per heavy atom. The molecule has 0 radical (unpaired) electrons. The standard InChI is InChI=1S/C8H9N5O2/c9-12-11-5-1-2-7-3-4-8(6-10-7)13(14)15/h3-4,6H,1-2,5H2. The van der Waals surface area contributed by atoms with Gasteiger partial charge in [0, 0.05) is 23.2 Å². The second kappa shape index (κ2) is 5.56. The highest BCUT2D eigenvalue weighted by Crippen LogP contribution is 2.09.